The Morgan fingerprint density at radius 1 is 1.35 bits per heavy atom. The van der Waals surface area contributed by atoms with Crippen LogP contribution >= 0.6 is 15.9 Å². The van der Waals surface area contributed by atoms with E-state index in [1.165, 1.54) is 11.0 Å². The fourth-order valence-electron chi connectivity index (χ4n) is 2.58. The van der Waals surface area contributed by atoms with Gasteiger partial charge in [0.15, 0.2) is 5.69 Å². The highest BCUT2D eigenvalue weighted by Crippen LogP contribution is 2.34. The third-order valence-corrected chi connectivity index (χ3v) is 4.15. The van der Waals surface area contributed by atoms with Gasteiger partial charge < -0.3 is 15.0 Å². The molecule has 1 aromatic heterocycles. The normalized spacial score (nSPS) is 18.1. The number of aromatic nitrogens is 1. The molecule has 1 N–H and O–H groups in total. The molecule has 0 fully saturated rings. The van der Waals surface area contributed by atoms with Crippen molar-refractivity contribution in [2.45, 2.75) is 19.1 Å². The zero-order valence-corrected chi connectivity index (χ0v) is 13.7. The third-order valence-electron chi connectivity index (χ3n) is 3.70. The van der Waals surface area contributed by atoms with Gasteiger partial charge in [-0.3, -0.25) is 4.79 Å². The molecule has 118 valence electrons. The van der Waals surface area contributed by atoms with Gasteiger partial charge in [0.25, 0.3) is 5.91 Å². The summed E-state index contributed by atoms with van der Waals surface area (Å²) < 4.78 is 14.7. The van der Waals surface area contributed by atoms with E-state index < -0.39 is 23.9 Å². The zero-order valence-electron chi connectivity index (χ0n) is 12.2. The van der Waals surface area contributed by atoms with Crippen LogP contribution in [0.25, 0.3) is 0 Å². The maximum absolute atomic E-state index is 14.2. The molecule has 0 saturated carbocycles. The third kappa shape index (κ3) is 2.72. The fraction of sp³-hybridized carbons (Fsp3) is 0.188. The molecule has 7 heteroatoms. The number of fused-ring (bicyclic) bond motifs is 1. The van der Waals surface area contributed by atoms with Crippen LogP contribution in [0.3, 0.4) is 0 Å². The van der Waals surface area contributed by atoms with E-state index in [1.54, 1.807) is 37.3 Å². The summed E-state index contributed by atoms with van der Waals surface area (Å²) in [6, 6.07) is 8.82. The van der Waals surface area contributed by atoms with Gasteiger partial charge in [-0.25, -0.2) is 9.37 Å². The predicted octanol–water partition coefficient (Wildman–Crippen LogP) is 3.14. The Morgan fingerprint density at radius 2 is 2.09 bits per heavy atom. The number of nitrogens with one attached hydrogen (secondary N) is 1. The average molecular weight is 378 g/mol. The summed E-state index contributed by atoms with van der Waals surface area (Å²) in [4.78, 5) is 29.5. The molecular weight excluding hydrogens is 365 g/mol. The number of hydrogen-bond donors (Lipinski definition) is 1. The van der Waals surface area contributed by atoms with Crippen molar-refractivity contribution in [3.8, 4) is 0 Å². The van der Waals surface area contributed by atoms with Gasteiger partial charge in [0.1, 0.15) is 22.9 Å². The van der Waals surface area contributed by atoms with Crippen LogP contribution < -0.4 is 5.32 Å². The number of aldehydes is 1. The van der Waals surface area contributed by atoms with E-state index >= 15 is 0 Å². The molecule has 0 bridgehead atoms. The molecule has 2 aromatic rings. The van der Waals surface area contributed by atoms with Crippen molar-refractivity contribution < 1.29 is 14.0 Å². The van der Waals surface area contributed by atoms with Crippen LogP contribution in [-0.4, -0.2) is 28.1 Å². The first-order valence-corrected chi connectivity index (χ1v) is 7.77. The highest BCUT2D eigenvalue weighted by molar-refractivity contribution is 9.10. The number of hydrogen-bond acceptors (Lipinski definition) is 4. The molecule has 0 radical (unpaired) electrons. The number of halogens is 2. The summed E-state index contributed by atoms with van der Waals surface area (Å²) >= 11 is 3.22. The Labute approximate surface area is 140 Å². The van der Waals surface area contributed by atoms with Crippen molar-refractivity contribution in [1.29, 1.82) is 0 Å². The molecule has 1 aliphatic rings. The highest BCUT2D eigenvalue weighted by Gasteiger charge is 2.38. The highest BCUT2D eigenvalue weighted by atomic mass is 79.9. The number of carbonyl (C=O) groups excluding carboxylic acids is 2. The lowest BCUT2D eigenvalue weighted by Gasteiger charge is -2.39. The zero-order chi connectivity index (χ0) is 16.6. The lowest BCUT2D eigenvalue weighted by atomic mass is 10.0. The minimum atomic E-state index is -0.778. The first-order chi connectivity index (χ1) is 11.0. The Kier molecular flexibility index (Phi) is 4.12. The Bertz CT molecular complexity index is 784. The van der Waals surface area contributed by atoms with Gasteiger partial charge in [0.2, 0.25) is 0 Å². The average Bonchev–Trinajstić information content (AvgIpc) is 2.55. The van der Waals surface area contributed by atoms with E-state index in [-0.39, 0.29) is 5.69 Å². The number of amides is 1. The first-order valence-electron chi connectivity index (χ1n) is 6.98. The maximum atomic E-state index is 14.2. The summed E-state index contributed by atoms with van der Waals surface area (Å²) in [5.74, 6) is -0.873. The maximum Gasteiger partial charge on any atom is 0.277 e. The molecule has 2 unspecified atom stereocenters. The minimum absolute atomic E-state index is 0.195. The molecule has 0 saturated heterocycles. The van der Waals surface area contributed by atoms with Gasteiger partial charge in [-0.2, -0.15) is 0 Å². The monoisotopic (exact) mass is 377 g/mol. The lowest BCUT2D eigenvalue weighted by molar-refractivity contribution is -0.111. The van der Waals surface area contributed by atoms with Crippen LogP contribution in [0.2, 0.25) is 0 Å². The quantitative estimate of drug-likeness (QED) is 0.659. The number of benzene rings is 1. The molecule has 1 amide bonds. The number of pyridine rings is 1. The minimum Gasteiger partial charge on any atom is -0.359 e. The van der Waals surface area contributed by atoms with Crippen LogP contribution in [0, 0.1) is 5.82 Å². The smallest absolute Gasteiger partial charge is 0.277 e. The fourth-order valence-corrected chi connectivity index (χ4v) is 2.89. The summed E-state index contributed by atoms with van der Waals surface area (Å²) in [6.07, 6.45) is -0.129. The topological polar surface area (TPSA) is 62.3 Å². The summed E-state index contributed by atoms with van der Waals surface area (Å²) in [5.41, 5.74) is 0.990. The van der Waals surface area contributed by atoms with E-state index in [9.17, 15) is 14.0 Å². The molecule has 1 aromatic carbocycles. The Balaban J connectivity index is 2.14. The second-order valence-corrected chi connectivity index (χ2v) is 6.00. The molecule has 2 atom stereocenters. The summed E-state index contributed by atoms with van der Waals surface area (Å²) in [5, 5.41) is 3.10. The van der Waals surface area contributed by atoms with Crippen molar-refractivity contribution in [3.05, 3.63) is 58.1 Å². The van der Waals surface area contributed by atoms with Gasteiger partial charge in [0.05, 0.1) is 11.7 Å². The molecular formula is C16H13BrFN3O2. The summed E-state index contributed by atoms with van der Waals surface area (Å²) in [7, 11) is 0. The van der Waals surface area contributed by atoms with Crippen LogP contribution in [0.1, 0.15) is 29.1 Å². The largest absolute Gasteiger partial charge is 0.359 e. The van der Waals surface area contributed by atoms with Crippen molar-refractivity contribution in [2.75, 3.05) is 5.32 Å². The van der Waals surface area contributed by atoms with E-state index in [2.05, 4.69) is 26.2 Å². The van der Waals surface area contributed by atoms with Crippen LogP contribution in [0.15, 0.2) is 41.0 Å². The molecule has 5 nitrogen and oxygen atoms in total. The number of nitrogens with zero attached hydrogens (tertiary/aromatic N) is 2. The molecule has 0 spiro atoms. The standard InChI is InChI=1S/C16H13BrFN3O2/c1-9(8-22)21-15(10-4-2-3-5-11(10)18)19-12-6-7-13(17)20-14(12)16(21)23/h2-9,15,19H,1H3. The lowest BCUT2D eigenvalue weighted by Crippen LogP contribution is -2.49. The van der Waals surface area contributed by atoms with Gasteiger partial charge in [0, 0.05) is 5.56 Å². The molecule has 2 heterocycles. The van der Waals surface area contributed by atoms with Crippen molar-refractivity contribution in [3.63, 3.8) is 0 Å². The van der Waals surface area contributed by atoms with E-state index in [4.69, 9.17) is 0 Å². The molecule has 0 aliphatic carbocycles. The van der Waals surface area contributed by atoms with Crippen LogP contribution in [0.5, 0.6) is 0 Å². The number of carbonyl (C=O) groups is 2. The number of anilines is 1. The molecule has 23 heavy (non-hydrogen) atoms. The summed E-state index contributed by atoms with van der Waals surface area (Å²) in [6.45, 7) is 1.59. The second kappa shape index (κ2) is 6.08. The van der Waals surface area contributed by atoms with Gasteiger partial charge in [-0.1, -0.05) is 18.2 Å². The van der Waals surface area contributed by atoms with E-state index in [0.29, 0.717) is 22.1 Å². The van der Waals surface area contributed by atoms with Gasteiger partial charge in [-0.15, -0.1) is 0 Å². The van der Waals surface area contributed by atoms with Crippen LogP contribution in [-0.2, 0) is 4.79 Å². The van der Waals surface area contributed by atoms with Gasteiger partial charge in [-0.05, 0) is 41.1 Å². The predicted molar refractivity (Wildman–Crippen MR) is 86.4 cm³/mol. The van der Waals surface area contributed by atoms with Crippen molar-refractivity contribution in [2.24, 2.45) is 0 Å². The SMILES string of the molecule is CC(C=O)N1C(=O)c2nc(Br)ccc2NC1c1ccccc1F. The molecule has 1 aliphatic heterocycles. The second-order valence-electron chi connectivity index (χ2n) is 5.19. The van der Waals surface area contributed by atoms with E-state index in [0.717, 1.165) is 0 Å². The molecule has 3 rings (SSSR count). The Hall–Kier alpha value is -2.28. The van der Waals surface area contributed by atoms with Crippen molar-refractivity contribution in [1.82, 2.24) is 9.88 Å². The van der Waals surface area contributed by atoms with Gasteiger partial charge >= 0.3 is 0 Å². The van der Waals surface area contributed by atoms with Crippen LogP contribution in [0.4, 0.5) is 10.1 Å². The number of rotatable bonds is 3. The van der Waals surface area contributed by atoms with Crippen molar-refractivity contribution >= 4 is 33.8 Å². The van der Waals surface area contributed by atoms with E-state index in [1.807, 2.05) is 0 Å². The Morgan fingerprint density at radius 3 is 2.78 bits per heavy atom. The first kappa shape index (κ1) is 15.6.